The van der Waals surface area contributed by atoms with Gasteiger partial charge in [-0.1, -0.05) is 19.1 Å². The molecule has 9 heteroatoms. The Labute approximate surface area is 219 Å². The number of hydrogen-bond donors (Lipinski definition) is 3. The van der Waals surface area contributed by atoms with Crippen molar-refractivity contribution in [2.24, 2.45) is 5.92 Å². The maximum atomic E-state index is 15.1. The molecule has 0 radical (unpaired) electrons. The molecule has 1 aliphatic rings. The second-order valence-electron chi connectivity index (χ2n) is 10.1. The van der Waals surface area contributed by atoms with Crippen molar-refractivity contribution in [1.29, 1.82) is 0 Å². The Morgan fingerprint density at radius 1 is 1.32 bits per heavy atom. The molecule has 2 heterocycles. The van der Waals surface area contributed by atoms with Crippen LogP contribution in [0.5, 0.6) is 0 Å². The van der Waals surface area contributed by atoms with Crippen LogP contribution in [0, 0.1) is 18.7 Å². The minimum Gasteiger partial charge on any atom is -0.465 e. The fraction of sp³-hybridized carbons (Fsp3) is 0.607. The molecule has 3 rings (SSSR count). The molecule has 1 aromatic heterocycles. The van der Waals surface area contributed by atoms with Crippen molar-refractivity contribution in [1.82, 2.24) is 14.9 Å². The highest BCUT2D eigenvalue weighted by molar-refractivity contribution is 5.72. The maximum Gasteiger partial charge on any atom is 0.310 e. The van der Waals surface area contributed by atoms with Crippen LogP contribution in [0.15, 0.2) is 18.2 Å². The number of esters is 1. The average Bonchev–Trinajstić information content (AvgIpc) is 2.86. The van der Waals surface area contributed by atoms with E-state index in [1.165, 1.54) is 6.07 Å². The van der Waals surface area contributed by atoms with Gasteiger partial charge in [-0.2, -0.15) is 4.98 Å². The summed E-state index contributed by atoms with van der Waals surface area (Å²) in [6.45, 7) is 6.61. The number of rotatable bonds is 13. The normalized spacial score (nSPS) is 15.5. The van der Waals surface area contributed by atoms with E-state index in [4.69, 9.17) is 10.5 Å². The van der Waals surface area contributed by atoms with E-state index in [1.807, 2.05) is 6.92 Å². The number of aliphatic hydroxyl groups is 1. The predicted molar refractivity (Wildman–Crippen MR) is 144 cm³/mol. The first-order valence-corrected chi connectivity index (χ1v) is 13.4. The van der Waals surface area contributed by atoms with E-state index in [0.29, 0.717) is 41.6 Å². The number of aromatic nitrogens is 2. The van der Waals surface area contributed by atoms with Crippen LogP contribution in [0.4, 0.5) is 16.2 Å². The van der Waals surface area contributed by atoms with Gasteiger partial charge in [0.2, 0.25) is 5.95 Å². The fourth-order valence-corrected chi connectivity index (χ4v) is 4.80. The number of halogens is 1. The van der Waals surface area contributed by atoms with Crippen LogP contribution in [0.25, 0.3) is 0 Å². The van der Waals surface area contributed by atoms with Crippen LogP contribution in [-0.4, -0.2) is 65.3 Å². The second kappa shape index (κ2) is 14.2. The summed E-state index contributed by atoms with van der Waals surface area (Å²) >= 11 is 0. The summed E-state index contributed by atoms with van der Waals surface area (Å²) in [7, 11) is 2.13. The quantitative estimate of drug-likeness (QED) is 0.345. The zero-order valence-electron chi connectivity index (χ0n) is 22.4. The van der Waals surface area contributed by atoms with Crippen molar-refractivity contribution in [2.45, 2.75) is 71.3 Å². The van der Waals surface area contributed by atoms with Crippen LogP contribution in [0.1, 0.15) is 67.8 Å². The lowest BCUT2D eigenvalue weighted by Gasteiger charge is -2.28. The van der Waals surface area contributed by atoms with E-state index in [2.05, 4.69) is 34.2 Å². The zero-order valence-corrected chi connectivity index (χ0v) is 22.4. The van der Waals surface area contributed by atoms with Gasteiger partial charge in [-0.3, -0.25) is 4.79 Å². The van der Waals surface area contributed by atoms with Crippen molar-refractivity contribution in [3.05, 3.63) is 46.4 Å². The van der Waals surface area contributed by atoms with Gasteiger partial charge in [0.05, 0.1) is 13.0 Å². The number of nitrogens with one attached hydrogen (secondary N) is 1. The van der Waals surface area contributed by atoms with Crippen molar-refractivity contribution >= 4 is 17.7 Å². The first kappa shape index (κ1) is 28.8. The summed E-state index contributed by atoms with van der Waals surface area (Å²) in [6, 6.07) is 4.99. The molecule has 37 heavy (non-hydrogen) atoms. The summed E-state index contributed by atoms with van der Waals surface area (Å²) in [5.74, 6) is 0.634. The fourth-order valence-electron chi connectivity index (χ4n) is 4.80. The molecular formula is C28H42FN5O3. The Bertz CT molecular complexity index is 1030. The number of carbonyl (C=O) groups excluding carboxylic acids is 1. The number of aryl methyl sites for hydroxylation is 1. The van der Waals surface area contributed by atoms with E-state index < -0.39 is 0 Å². The van der Waals surface area contributed by atoms with Gasteiger partial charge in [-0.25, -0.2) is 9.37 Å². The topological polar surface area (TPSA) is 114 Å². The van der Waals surface area contributed by atoms with Crippen molar-refractivity contribution in [2.75, 3.05) is 44.4 Å². The van der Waals surface area contributed by atoms with Gasteiger partial charge < -0.3 is 25.8 Å². The highest BCUT2D eigenvalue weighted by atomic mass is 19.1. The third-order valence-electron chi connectivity index (χ3n) is 7.24. The molecule has 0 unspecified atom stereocenters. The number of ether oxygens (including phenoxy) is 1. The Hall–Kier alpha value is -2.78. The van der Waals surface area contributed by atoms with Gasteiger partial charge in [0.25, 0.3) is 0 Å². The largest absolute Gasteiger partial charge is 0.465 e. The summed E-state index contributed by atoms with van der Waals surface area (Å²) in [6.07, 6.45) is 5.80. The van der Waals surface area contributed by atoms with E-state index >= 15 is 4.39 Å². The molecule has 1 saturated heterocycles. The molecule has 2 aromatic rings. The molecule has 4 N–H and O–H groups in total. The second-order valence-corrected chi connectivity index (χ2v) is 10.1. The number of nitrogens with two attached hydrogens (primary N) is 1. The van der Waals surface area contributed by atoms with Crippen LogP contribution in [-0.2, 0) is 22.4 Å². The Morgan fingerprint density at radius 2 is 2.08 bits per heavy atom. The number of piperidine rings is 1. The third kappa shape index (κ3) is 8.93. The maximum absolute atomic E-state index is 15.1. The number of aliphatic hydroxyl groups excluding tert-OH is 1. The molecule has 0 bridgehead atoms. The van der Waals surface area contributed by atoms with Crippen molar-refractivity contribution in [3.8, 4) is 0 Å². The highest BCUT2D eigenvalue weighted by Gasteiger charge is 2.19. The summed E-state index contributed by atoms with van der Waals surface area (Å²) in [4.78, 5) is 23.3. The molecular weight excluding hydrogens is 473 g/mol. The van der Waals surface area contributed by atoms with E-state index in [0.717, 1.165) is 50.8 Å². The SMILES string of the molecule is CC[C@@H](CCCO)Nc1nc(N)nc(C)c1Cc1ccc(CC(=O)OCCC2CCN(C)CC2)cc1F. The zero-order chi connectivity index (χ0) is 26.8. The lowest BCUT2D eigenvalue weighted by Crippen LogP contribution is -2.30. The monoisotopic (exact) mass is 515 g/mol. The smallest absolute Gasteiger partial charge is 0.310 e. The first-order chi connectivity index (χ1) is 17.8. The van der Waals surface area contributed by atoms with Gasteiger partial charge in [-0.15, -0.1) is 0 Å². The number of nitrogens with zero attached hydrogens (tertiary/aromatic N) is 3. The molecule has 1 atom stereocenters. The number of nitrogen functional groups attached to an aromatic ring is 1. The number of likely N-dealkylation sites (tertiary alicyclic amines) is 1. The minimum atomic E-state index is -0.383. The average molecular weight is 516 g/mol. The minimum absolute atomic E-state index is 0.0461. The molecule has 1 fully saturated rings. The first-order valence-electron chi connectivity index (χ1n) is 13.4. The number of benzene rings is 1. The van der Waals surface area contributed by atoms with Gasteiger partial charge >= 0.3 is 5.97 Å². The Balaban J connectivity index is 1.60. The summed E-state index contributed by atoms with van der Waals surface area (Å²) < 4.78 is 20.5. The van der Waals surface area contributed by atoms with Crippen molar-refractivity contribution in [3.63, 3.8) is 0 Å². The Morgan fingerprint density at radius 3 is 2.76 bits per heavy atom. The lowest BCUT2D eigenvalue weighted by molar-refractivity contribution is -0.143. The van der Waals surface area contributed by atoms with Crippen LogP contribution in [0.3, 0.4) is 0 Å². The molecule has 0 aliphatic carbocycles. The number of anilines is 2. The molecule has 0 spiro atoms. The van der Waals surface area contributed by atoms with Crippen LogP contribution >= 0.6 is 0 Å². The van der Waals surface area contributed by atoms with E-state index in [9.17, 15) is 9.90 Å². The van der Waals surface area contributed by atoms with Crippen molar-refractivity contribution < 1.29 is 19.0 Å². The predicted octanol–water partition coefficient (Wildman–Crippen LogP) is 3.88. The van der Waals surface area contributed by atoms with Gasteiger partial charge in [-0.05, 0) is 88.7 Å². The number of carbonyl (C=O) groups is 1. The lowest BCUT2D eigenvalue weighted by atomic mass is 9.94. The Kier molecular flexibility index (Phi) is 11.1. The summed E-state index contributed by atoms with van der Waals surface area (Å²) in [5.41, 5.74) is 8.43. The molecule has 1 aromatic carbocycles. The van der Waals surface area contributed by atoms with Gasteiger partial charge in [0.1, 0.15) is 11.6 Å². The molecule has 1 aliphatic heterocycles. The van der Waals surface area contributed by atoms with Crippen LogP contribution < -0.4 is 11.1 Å². The molecule has 0 saturated carbocycles. The van der Waals surface area contributed by atoms with E-state index in [1.54, 1.807) is 12.1 Å². The van der Waals surface area contributed by atoms with Gasteiger partial charge in [0, 0.05) is 30.3 Å². The van der Waals surface area contributed by atoms with E-state index in [-0.39, 0.29) is 43.2 Å². The highest BCUT2D eigenvalue weighted by Crippen LogP contribution is 2.25. The third-order valence-corrected chi connectivity index (χ3v) is 7.24. The standard InChI is InChI=1S/C28H42FN5O3/c1-4-23(6-5-14-35)32-27-24(19(2)31-28(30)33-27)18-22-8-7-21(16-25(22)29)17-26(36)37-15-11-20-9-12-34(3)13-10-20/h7-8,16,20,23,35H,4-6,9-15,17-18H2,1-3H3,(H3,30,31,32,33)/t23-/m0/s1. The number of hydrogen-bond acceptors (Lipinski definition) is 8. The van der Waals surface area contributed by atoms with Gasteiger partial charge in [0.15, 0.2) is 0 Å². The van der Waals surface area contributed by atoms with Crippen LogP contribution in [0.2, 0.25) is 0 Å². The molecule has 204 valence electrons. The summed E-state index contributed by atoms with van der Waals surface area (Å²) in [5, 5.41) is 12.6. The molecule has 8 nitrogen and oxygen atoms in total. The molecule has 0 amide bonds.